The van der Waals surface area contributed by atoms with Crippen molar-refractivity contribution in [1.29, 1.82) is 0 Å². The Hall–Kier alpha value is -2.54. The van der Waals surface area contributed by atoms with Crippen molar-refractivity contribution in [3.8, 4) is 0 Å². The number of hydrogen-bond donors (Lipinski definition) is 2. The van der Waals surface area contributed by atoms with Gasteiger partial charge in [0.1, 0.15) is 6.04 Å². The third-order valence-electron chi connectivity index (χ3n) is 8.29. The Bertz CT molecular complexity index is 1050. The van der Waals surface area contributed by atoms with Gasteiger partial charge >= 0.3 is 0 Å². The molecule has 1 heterocycles. The molecule has 0 bridgehead atoms. The van der Waals surface area contributed by atoms with E-state index < -0.39 is 6.04 Å². The normalized spacial score (nSPS) is 21.0. The molecule has 38 heavy (non-hydrogen) atoms. The molecule has 0 unspecified atom stereocenters. The first kappa shape index (κ1) is 28.5. The maximum Gasteiger partial charge on any atom is 0.236 e. The van der Waals surface area contributed by atoms with E-state index in [-0.39, 0.29) is 17.6 Å². The van der Waals surface area contributed by atoms with Crippen molar-refractivity contribution in [2.45, 2.75) is 77.5 Å². The molecule has 4 rings (SSSR count). The SMILES string of the molecule is CC(C)C(=O)c1ccc2c(c1)CCN(CCC1CCC(N[C@@H](COCc3ccccc3)C(N)=O)CC1)CC2. The number of ketones is 1. The third-order valence-corrected chi connectivity index (χ3v) is 8.29. The summed E-state index contributed by atoms with van der Waals surface area (Å²) in [5.74, 6) is 0.662. The summed E-state index contributed by atoms with van der Waals surface area (Å²) in [6, 6.07) is 16.2. The maximum atomic E-state index is 12.4. The lowest BCUT2D eigenvalue weighted by molar-refractivity contribution is -0.122. The van der Waals surface area contributed by atoms with Gasteiger partial charge in [-0.2, -0.15) is 0 Å². The van der Waals surface area contributed by atoms with Crippen LogP contribution in [-0.4, -0.2) is 54.9 Å². The molecule has 6 heteroatoms. The molecule has 2 aromatic rings. The Morgan fingerprint density at radius 2 is 1.71 bits per heavy atom. The number of nitrogens with one attached hydrogen (secondary N) is 1. The molecule has 0 aromatic heterocycles. The van der Waals surface area contributed by atoms with Crippen molar-refractivity contribution in [1.82, 2.24) is 10.2 Å². The molecular weight excluding hydrogens is 474 g/mol. The van der Waals surface area contributed by atoms with Crippen molar-refractivity contribution < 1.29 is 14.3 Å². The highest BCUT2D eigenvalue weighted by molar-refractivity contribution is 5.97. The summed E-state index contributed by atoms with van der Waals surface area (Å²) < 4.78 is 5.79. The first-order chi connectivity index (χ1) is 18.4. The first-order valence-corrected chi connectivity index (χ1v) is 14.4. The smallest absolute Gasteiger partial charge is 0.236 e. The van der Waals surface area contributed by atoms with E-state index in [0.29, 0.717) is 19.3 Å². The molecule has 1 saturated carbocycles. The molecule has 1 aliphatic heterocycles. The fourth-order valence-electron chi connectivity index (χ4n) is 5.83. The van der Waals surface area contributed by atoms with E-state index in [1.54, 1.807) is 0 Å². The van der Waals surface area contributed by atoms with Crippen LogP contribution in [0.2, 0.25) is 0 Å². The number of fused-ring (bicyclic) bond motifs is 1. The van der Waals surface area contributed by atoms with Crippen LogP contribution in [0.1, 0.15) is 73.0 Å². The van der Waals surface area contributed by atoms with Gasteiger partial charge in [0.05, 0.1) is 13.2 Å². The highest BCUT2D eigenvalue weighted by Gasteiger charge is 2.26. The minimum Gasteiger partial charge on any atom is -0.375 e. The lowest BCUT2D eigenvalue weighted by Gasteiger charge is -2.32. The van der Waals surface area contributed by atoms with E-state index in [9.17, 15) is 9.59 Å². The van der Waals surface area contributed by atoms with Gasteiger partial charge in [0.2, 0.25) is 5.91 Å². The van der Waals surface area contributed by atoms with E-state index in [1.807, 2.05) is 50.2 Å². The molecule has 1 atom stereocenters. The maximum absolute atomic E-state index is 12.4. The number of primary amides is 1. The fourth-order valence-corrected chi connectivity index (χ4v) is 5.83. The van der Waals surface area contributed by atoms with E-state index >= 15 is 0 Å². The lowest BCUT2D eigenvalue weighted by Crippen LogP contribution is -2.50. The van der Waals surface area contributed by atoms with Gasteiger partial charge in [0.25, 0.3) is 0 Å². The fraction of sp³-hybridized carbons (Fsp3) is 0.562. The summed E-state index contributed by atoms with van der Waals surface area (Å²) in [6.07, 6.45) is 7.82. The number of amides is 1. The Morgan fingerprint density at radius 3 is 2.39 bits per heavy atom. The van der Waals surface area contributed by atoms with Gasteiger partial charge in [-0.15, -0.1) is 0 Å². The average molecular weight is 520 g/mol. The van der Waals surface area contributed by atoms with Gasteiger partial charge in [0, 0.05) is 30.6 Å². The first-order valence-electron chi connectivity index (χ1n) is 14.4. The monoisotopic (exact) mass is 519 g/mol. The van der Waals surface area contributed by atoms with Crippen LogP contribution in [0.15, 0.2) is 48.5 Å². The Morgan fingerprint density at radius 1 is 1.00 bits per heavy atom. The Labute approximate surface area is 228 Å². The number of ether oxygens (including phenoxy) is 1. The van der Waals surface area contributed by atoms with E-state index in [0.717, 1.165) is 62.4 Å². The summed E-state index contributed by atoms with van der Waals surface area (Å²) in [7, 11) is 0. The average Bonchev–Trinajstić information content (AvgIpc) is 3.14. The molecular formula is C32H45N3O3. The van der Waals surface area contributed by atoms with Gasteiger partial charge in [-0.25, -0.2) is 0 Å². The van der Waals surface area contributed by atoms with Crippen molar-refractivity contribution >= 4 is 11.7 Å². The number of carbonyl (C=O) groups is 2. The summed E-state index contributed by atoms with van der Waals surface area (Å²) in [4.78, 5) is 27.0. The molecule has 3 N–H and O–H groups in total. The number of nitrogens with two attached hydrogens (primary N) is 1. The second-order valence-electron chi connectivity index (χ2n) is 11.5. The van der Waals surface area contributed by atoms with E-state index in [4.69, 9.17) is 10.5 Å². The highest BCUT2D eigenvalue weighted by atomic mass is 16.5. The highest BCUT2D eigenvalue weighted by Crippen LogP contribution is 2.28. The standard InChI is InChI=1S/C32H45N3O3/c1-23(2)31(36)28-11-10-26-15-18-35(19-16-27(26)20-28)17-14-24-8-12-29(13-9-24)34-30(32(33)37)22-38-21-25-6-4-3-5-7-25/h3-7,10-11,20,23-24,29-30,34H,8-9,12-19,21-22H2,1-2H3,(H2,33,37)/t24?,29?,30-/m0/s1. The van der Waals surface area contributed by atoms with Gasteiger partial charge in [-0.1, -0.05) is 56.3 Å². The van der Waals surface area contributed by atoms with E-state index in [1.165, 1.54) is 30.4 Å². The summed E-state index contributed by atoms with van der Waals surface area (Å²) in [6.45, 7) is 8.00. The van der Waals surface area contributed by atoms with Crippen LogP contribution in [0.3, 0.4) is 0 Å². The molecule has 1 fully saturated rings. The number of Topliss-reactive ketones (excluding diaryl/α,β-unsaturated/α-hetero) is 1. The zero-order valence-electron chi connectivity index (χ0n) is 23.2. The number of rotatable bonds is 12. The van der Waals surface area contributed by atoms with Crippen LogP contribution >= 0.6 is 0 Å². The summed E-state index contributed by atoms with van der Waals surface area (Å²) >= 11 is 0. The van der Waals surface area contributed by atoms with Crippen LogP contribution < -0.4 is 11.1 Å². The number of hydrogen-bond acceptors (Lipinski definition) is 5. The molecule has 2 aromatic carbocycles. The number of carbonyl (C=O) groups excluding carboxylic acids is 2. The van der Waals surface area contributed by atoms with Crippen molar-refractivity contribution in [3.05, 3.63) is 70.8 Å². The molecule has 0 saturated heterocycles. The molecule has 0 radical (unpaired) electrons. The van der Waals surface area contributed by atoms with Crippen LogP contribution in [0.5, 0.6) is 0 Å². The van der Waals surface area contributed by atoms with Gasteiger partial charge in [0.15, 0.2) is 5.78 Å². The third kappa shape index (κ3) is 8.23. The van der Waals surface area contributed by atoms with Gasteiger partial charge in [-0.05, 0) is 80.2 Å². The zero-order valence-corrected chi connectivity index (χ0v) is 23.2. The molecule has 206 valence electrons. The largest absolute Gasteiger partial charge is 0.375 e. The van der Waals surface area contributed by atoms with Crippen LogP contribution in [0.25, 0.3) is 0 Å². The molecule has 6 nitrogen and oxygen atoms in total. The van der Waals surface area contributed by atoms with Crippen molar-refractivity contribution in [2.75, 3.05) is 26.2 Å². The molecule has 1 aliphatic carbocycles. The Kier molecular flexibility index (Phi) is 10.5. The second kappa shape index (κ2) is 14.0. The Balaban J connectivity index is 1.16. The predicted octanol–water partition coefficient (Wildman–Crippen LogP) is 4.54. The predicted molar refractivity (Wildman–Crippen MR) is 152 cm³/mol. The topological polar surface area (TPSA) is 84.7 Å². The minimum atomic E-state index is -0.449. The van der Waals surface area contributed by atoms with Crippen molar-refractivity contribution in [3.63, 3.8) is 0 Å². The number of nitrogens with zero attached hydrogens (tertiary/aromatic N) is 1. The van der Waals surface area contributed by atoms with E-state index in [2.05, 4.69) is 22.3 Å². The molecule has 2 aliphatic rings. The summed E-state index contributed by atoms with van der Waals surface area (Å²) in [5, 5.41) is 3.47. The lowest BCUT2D eigenvalue weighted by atomic mass is 9.83. The zero-order chi connectivity index (χ0) is 26.9. The second-order valence-corrected chi connectivity index (χ2v) is 11.5. The quantitative estimate of drug-likeness (QED) is 0.403. The number of benzene rings is 2. The van der Waals surface area contributed by atoms with Crippen LogP contribution in [-0.2, 0) is 29.0 Å². The molecule has 0 spiro atoms. The van der Waals surface area contributed by atoms with Crippen LogP contribution in [0.4, 0.5) is 0 Å². The van der Waals surface area contributed by atoms with Gasteiger partial charge < -0.3 is 20.7 Å². The van der Waals surface area contributed by atoms with Gasteiger partial charge in [-0.3, -0.25) is 9.59 Å². The molecule has 1 amide bonds. The minimum absolute atomic E-state index is 0.0373. The van der Waals surface area contributed by atoms with Crippen LogP contribution in [0, 0.1) is 11.8 Å². The van der Waals surface area contributed by atoms with Crippen molar-refractivity contribution in [2.24, 2.45) is 17.6 Å². The summed E-state index contributed by atoms with van der Waals surface area (Å²) in [5.41, 5.74) is 10.4.